The molecular formula is C40H50Cl2N12O8S2. The van der Waals surface area contributed by atoms with E-state index in [4.69, 9.17) is 41.7 Å². The molecule has 8 atom stereocenters. The van der Waals surface area contributed by atoms with Crippen LogP contribution in [0, 0.1) is 0 Å². The van der Waals surface area contributed by atoms with Gasteiger partial charge in [0.15, 0.2) is 19.7 Å². The molecule has 8 heterocycles. The summed E-state index contributed by atoms with van der Waals surface area (Å²) in [5.41, 5.74) is 1.33. The fraction of sp³-hybridized carbons (Fsp3) is 0.550. The Kier molecular flexibility index (Phi) is 14.9. The van der Waals surface area contributed by atoms with Gasteiger partial charge in [0.2, 0.25) is 0 Å². The molecule has 2 fully saturated rings. The van der Waals surface area contributed by atoms with Crippen LogP contribution in [0.1, 0.15) is 136 Å². The molecule has 0 saturated carbocycles. The van der Waals surface area contributed by atoms with Crippen LogP contribution < -0.4 is 0 Å². The van der Waals surface area contributed by atoms with Gasteiger partial charge in [0.1, 0.15) is 70.4 Å². The zero-order chi connectivity index (χ0) is 45.8. The minimum Gasteiger partial charge on any atom is -0.381 e. The van der Waals surface area contributed by atoms with E-state index >= 15 is 0 Å². The summed E-state index contributed by atoms with van der Waals surface area (Å²) < 4.78 is 78.1. The van der Waals surface area contributed by atoms with Crippen LogP contribution in [0.15, 0.2) is 58.5 Å². The fourth-order valence-electron chi connectivity index (χ4n) is 7.67. The van der Waals surface area contributed by atoms with Gasteiger partial charge in [-0.25, -0.2) is 36.8 Å². The Balaban J connectivity index is 0.000000191. The van der Waals surface area contributed by atoms with Gasteiger partial charge >= 0.3 is 0 Å². The lowest BCUT2D eigenvalue weighted by Gasteiger charge is -2.21. The molecule has 64 heavy (non-hydrogen) atoms. The predicted molar refractivity (Wildman–Crippen MR) is 232 cm³/mol. The monoisotopic (exact) mass is 960 g/mol. The van der Waals surface area contributed by atoms with Crippen molar-refractivity contribution in [1.29, 1.82) is 0 Å². The van der Waals surface area contributed by atoms with Gasteiger partial charge in [-0.15, -0.1) is 20.4 Å². The van der Waals surface area contributed by atoms with Crippen LogP contribution in [0.4, 0.5) is 0 Å². The van der Waals surface area contributed by atoms with Gasteiger partial charge in [-0.05, 0) is 40.5 Å². The number of halogens is 2. The van der Waals surface area contributed by atoms with Crippen LogP contribution in [0.25, 0.3) is 0 Å². The van der Waals surface area contributed by atoms with Crippen molar-refractivity contribution in [2.75, 3.05) is 26.4 Å². The van der Waals surface area contributed by atoms with E-state index in [1.165, 1.54) is 37.3 Å². The van der Waals surface area contributed by atoms with Crippen molar-refractivity contribution in [1.82, 2.24) is 59.8 Å². The minimum absolute atomic E-state index is 0.0483. The van der Waals surface area contributed by atoms with E-state index in [-0.39, 0.29) is 35.4 Å². The molecule has 0 bridgehead atoms. The number of rotatable bonds is 16. The second kappa shape index (κ2) is 20.2. The van der Waals surface area contributed by atoms with Gasteiger partial charge in [0.05, 0.1) is 45.8 Å². The number of aromatic nitrogens is 12. The molecule has 8 rings (SSSR count). The summed E-state index contributed by atoms with van der Waals surface area (Å²) in [6.07, 6.45) is 10.4. The van der Waals surface area contributed by atoms with Crippen molar-refractivity contribution in [3.05, 3.63) is 106 Å². The van der Waals surface area contributed by atoms with E-state index < -0.39 is 42.0 Å². The van der Waals surface area contributed by atoms with Crippen LogP contribution in [0.2, 0.25) is 10.0 Å². The van der Waals surface area contributed by atoms with E-state index in [1.54, 1.807) is 39.8 Å². The first-order chi connectivity index (χ1) is 30.6. The van der Waals surface area contributed by atoms with Crippen LogP contribution in [0.3, 0.4) is 0 Å². The normalized spacial score (nSPS) is 19.7. The van der Waals surface area contributed by atoms with E-state index in [2.05, 4.69) is 50.6 Å². The molecule has 24 heteroatoms. The molecule has 2 aliphatic heterocycles. The summed E-state index contributed by atoms with van der Waals surface area (Å²) >= 11 is 11.7. The van der Waals surface area contributed by atoms with Crippen molar-refractivity contribution >= 4 is 42.9 Å². The summed E-state index contributed by atoms with van der Waals surface area (Å²) in [5, 5.41) is 24.6. The molecule has 2 aliphatic rings. The van der Waals surface area contributed by atoms with Crippen LogP contribution in [-0.2, 0) is 40.7 Å². The number of hydrogen-bond acceptors (Lipinski definition) is 18. The molecule has 0 N–H and O–H groups in total. The Morgan fingerprint density at radius 3 is 1.30 bits per heavy atom. The molecule has 6 aromatic rings. The van der Waals surface area contributed by atoms with Crippen LogP contribution in [-0.4, -0.2) is 114 Å². The lowest BCUT2D eigenvalue weighted by molar-refractivity contribution is 0.192. The van der Waals surface area contributed by atoms with Crippen molar-refractivity contribution in [3.8, 4) is 0 Å². The molecular weight excluding hydrogens is 912 g/mol. The predicted octanol–water partition coefficient (Wildman–Crippen LogP) is 5.86. The summed E-state index contributed by atoms with van der Waals surface area (Å²) in [4.78, 5) is 16.7. The molecule has 6 aromatic heterocycles. The van der Waals surface area contributed by atoms with Crippen molar-refractivity contribution in [3.63, 3.8) is 0 Å². The van der Waals surface area contributed by atoms with E-state index in [0.717, 1.165) is 12.8 Å². The van der Waals surface area contributed by atoms with Crippen molar-refractivity contribution < 1.29 is 35.4 Å². The Morgan fingerprint density at radius 1 is 0.609 bits per heavy atom. The lowest BCUT2D eigenvalue weighted by atomic mass is 10.1. The first-order valence-corrected chi connectivity index (χ1v) is 25.0. The number of hydrogen-bond donors (Lipinski definition) is 0. The molecule has 0 aliphatic carbocycles. The molecule has 2 saturated heterocycles. The Bertz CT molecular complexity index is 2470. The second-order valence-corrected chi connectivity index (χ2v) is 21.7. The van der Waals surface area contributed by atoms with E-state index in [1.807, 2.05) is 23.0 Å². The van der Waals surface area contributed by atoms with Crippen LogP contribution in [0.5, 0.6) is 0 Å². The topological polar surface area (TPSA) is 252 Å². The third-order valence-corrected chi connectivity index (χ3v) is 16.8. The Labute approximate surface area is 380 Å². The lowest BCUT2D eigenvalue weighted by Crippen LogP contribution is -2.28. The fourth-order valence-corrected chi connectivity index (χ4v) is 11.0. The SMILES string of the molecule is C[C@H](c1ncc(Cl)cn1)[C@H](C)S(=O)(=O)Cc1nnc([C@@H]2CCOC2)n1[C@@H](C)c1ccon1.C[C@H](c1ncc(Cl)cn1)[C@H](C)S(=O)(=O)Cc1nnc([C@@H]2CCOC2)n1[C@H](C)c1ccon1. The summed E-state index contributed by atoms with van der Waals surface area (Å²) in [5.74, 6) is 1.67. The molecule has 0 amide bonds. The smallest absolute Gasteiger partial charge is 0.160 e. The second-order valence-electron chi connectivity index (χ2n) is 16.1. The maximum Gasteiger partial charge on any atom is 0.160 e. The average Bonchev–Trinajstić information content (AvgIpc) is 4.14. The van der Waals surface area contributed by atoms with Gasteiger partial charge in [0.25, 0.3) is 0 Å². The molecule has 0 unspecified atom stereocenters. The number of ether oxygens (including phenoxy) is 2. The number of sulfone groups is 2. The van der Waals surface area contributed by atoms with Crippen LogP contribution >= 0.6 is 23.2 Å². The third-order valence-electron chi connectivity index (χ3n) is 12.0. The molecule has 20 nitrogen and oxygen atoms in total. The molecule has 0 radical (unpaired) electrons. The maximum absolute atomic E-state index is 13.4. The minimum atomic E-state index is -3.62. The van der Waals surface area contributed by atoms with E-state index in [9.17, 15) is 16.8 Å². The number of nitrogens with zero attached hydrogens (tertiary/aromatic N) is 12. The standard InChI is InChI=1S/2C20H25ClN6O4S/c2*1-12(19-22-8-16(21)9-23-19)14(3)32(28,29)11-18-24-25-20(15-4-6-30-10-15)27(18)13(2)17-5-7-31-26-17/h2*5,7-9,12-15H,4,6,10-11H2,1-3H3/t12-,13+,14-,15+;12-,13-,14-,15+/m00/s1. The Morgan fingerprint density at radius 2 is 0.984 bits per heavy atom. The highest BCUT2D eigenvalue weighted by molar-refractivity contribution is 7.91. The van der Waals surface area contributed by atoms with Gasteiger partial charge in [-0.1, -0.05) is 47.4 Å². The first-order valence-electron chi connectivity index (χ1n) is 20.8. The van der Waals surface area contributed by atoms with Crippen molar-refractivity contribution in [2.24, 2.45) is 0 Å². The third kappa shape index (κ3) is 10.5. The van der Waals surface area contributed by atoms with E-state index in [0.29, 0.717) is 82.8 Å². The van der Waals surface area contributed by atoms with Crippen molar-refractivity contribution in [2.45, 2.75) is 112 Å². The highest BCUT2D eigenvalue weighted by atomic mass is 35.5. The van der Waals surface area contributed by atoms with Gasteiger partial charge in [-0.3, -0.25) is 0 Å². The summed E-state index contributed by atoms with van der Waals surface area (Å²) in [6, 6.07) is 2.91. The van der Waals surface area contributed by atoms with Gasteiger partial charge in [0, 0.05) is 73.8 Å². The largest absolute Gasteiger partial charge is 0.381 e. The highest BCUT2D eigenvalue weighted by Crippen LogP contribution is 2.33. The molecule has 344 valence electrons. The highest BCUT2D eigenvalue weighted by Gasteiger charge is 2.36. The summed E-state index contributed by atoms with van der Waals surface area (Å²) in [6.45, 7) is 13.1. The van der Waals surface area contributed by atoms with Gasteiger partial charge in [-0.2, -0.15) is 0 Å². The zero-order valence-electron chi connectivity index (χ0n) is 36.1. The first kappa shape index (κ1) is 47.2. The molecule has 0 aromatic carbocycles. The average molecular weight is 962 g/mol. The molecule has 0 spiro atoms. The zero-order valence-corrected chi connectivity index (χ0v) is 39.2. The Hall–Kier alpha value is -4.74. The maximum atomic E-state index is 13.4. The van der Waals surface area contributed by atoms with Gasteiger partial charge < -0.3 is 27.7 Å². The quantitative estimate of drug-likeness (QED) is 0.110. The summed E-state index contributed by atoms with van der Waals surface area (Å²) in [7, 11) is -7.23.